The Kier molecular flexibility index (Phi) is 4.72. The molecule has 136 valence electrons. The first kappa shape index (κ1) is 17.8. The van der Waals surface area contributed by atoms with Gasteiger partial charge in [0.2, 0.25) is 0 Å². The van der Waals surface area contributed by atoms with Gasteiger partial charge in [-0.3, -0.25) is 14.5 Å². The molecule has 4 rings (SSSR count). The lowest BCUT2D eigenvalue weighted by atomic mass is 10.2. The molecule has 0 fully saturated rings. The number of aromatic nitrogens is 4. The van der Waals surface area contributed by atoms with Crippen molar-refractivity contribution in [1.29, 1.82) is 0 Å². The van der Waals surface area contributed by atoms with Crippen molar-refractivity contribution in [2.75, 3.05) is 0 Å². The van der Waals surface area contributed by atoms with Crippen molar-refractivity contribution < 1.29 is 4.39 Å². The monoisotopic (exact) mass is 400 g/mol. The number of para-hydroxylation sites is 1. The maximum absolute atomic E-state index is 14.1. The molecule has 4 aromatic rings. The van der Waals surface area contributed by atoms with Gasteiger partial charge in [0.05, 0.1) is 11.9 Å². The van der Waals surface area contributed by atoms with Crippen LogP contribution in [0.2, 0.25) is 5.02 Å². The number of aryl methyl sites for hydroxylation is 1. The summed E-state index contributed by atoms with van der Waals surface area (Å²) < 4.78 is 15.7. The van der Waals surface area contributed by atoms with Crippen molar-refractivity contribution in [3.63, 3.8) is 0 Å². The number of nitrogens with one attached hydrogen (secondary N) is 1. The highest BCUT2D eigenvalue weighted by molar-refractivity contribution is 7.98. The van der Waals surface area contributed by atoms with Gasteiger partial charge in [0.25, 0.3) is 5.56 Å². The Labute approximate surface area is 163 Å². The molecule has 0 aliphatic heterocycles. The SMILES string of the molecule is Cc1ccccc1-n1c(SCc2c(F)cccc2Cl)nc2[nH]ncc2c1=O. The number of hydrogen-bond donors (Lipinski definition) is 1. The van der Waals surface area contributed by atoms with Crippen LogP contribution in [-0.2, 0) is 5.75 Å². The summed E-state index contributed by atoms with van der Waals surface area (Å²) in [5.41, 5.74) is 2.19. The number of thioether (sulfide) groups is 1. The van der Waals surface area contributed by atoms with E-state index in [0.29, 0.717) is 26.8 Å². The van der Waals surface area contributed by atoms with Crippen molar-refractivity contribution in [3.8, 4) is 5.69 Å². The lowest BCUT2D eigenvalue weighted by Crippen LogP contribution is -2.22. The summed E-state index contributed by atoms with van der Waals surface area (Å²) in [4.78, 5) is 17.6. The second-order valence-corrected chi connectivity index (χ2v) is 7.29. The average molecular weight is 401 g/mol. The van der Waals surface area contributed by atoms with Gasteiger partial charge in [0.1, 0.15) is 11.2 Å². The molecule has 0 bridgehead atoms. The van der Waals surface area contributed by atoms with Crippen LogP contribution in [0.3, 0.4) is 0 Å². The maximum atomic E-state index is 14.1. The fourth-order valence-electron chi connectivity index (χ4n) is 2.80. The molecule has 0 saturated heterocycles. The van der Waals surface area contributed by atoms with E-state index in [1.54, 1.807) is 12.1 Å². The average Bonchev–Trinajstić information content (AvgIpc) is 3.11. The highest BCUT2D eigenvalue weighted by Gasteiger charge is 2.17. The minimum absolute atomic E-state index is 0.231. The zero-order chi connectivity index (χ0) is 19.0. The summed E-state index contributed by atoms with van der Waals surface area (Å²) in [5.74, 6) is -0.147. The highest BCUT2D eigenvalue weighted by atomic mass is 35.5. The van der Waals surface area contributed by atoms with Crippen molar-refractivity contribution >= 4 is 34.4 Å². The van der Waals surface area contributed by atoms with Crippen LogP contribution in [-0.4, -0.2) is 19.7 Å². The summed E-state index contributed by atoms with van der Waals surface area (Å²) in [6.45, 7) is 1.92. The van der Waals surface area contributed by atoms with Gasteiger partial charge in [-0.15, -0.1) is 0 Å². The molecule has 5 nitrogen and oxygen atoms in total. The topological polar surface area (TPSA) is 63.6 Å². The van der Waals surface area contributed by atoms with Gasteiger partial charge in [0.15, 0.2) is 10.8 Å². The molecule has 0 aliphatic carbocycles. The number of halogens is 2. The van der Waals surface area contributed by atoms with Crippen LogP contribution in [0.25, 0.3) is 16.7 Å². The van der Waals surface area contributed by atoms with Crippen molar-refractivity contribution in [2.45, 2.75) is 17.8 Å². The van der Waals surface area contributed by atoms with Crippen LogP contribution in [0, 0.1) is 12.7 Å². The third-order valence-corrected chi connectivity index (χ3v) is 5.53. The van der Waals surface area contributed by atoms with Crippen molar-refractivity contribution in [3.05, 3.63) is 81.0 Å². The second-order valence-electron chi connectivity index (χ2n) is 5.94. The molecule has 2 aromatic heterocycles. The molecule has 0 atom stereocenters. The normalized spacial score (nSPS) is 11.2. The lowest BCUT2D eigenvalue weighted by Gasteiger charge is -2.14. The number of aromatic amines is 1. The predicted octanol–water partition coefficient (Wildman–Crippen LogP) is 4.50. The summed E-state index contributed by atoms with van der Waals surface area (Å²) in [6.07, 6.45) is 1.46. The van der Waals surface area contributed by atoms with Crippen LogP contribution in [0.15, 0.2) is 58.6 Å². The summed E-state index contributed by atoms with van der Waals surface area (Å²) in [6, 6.07) is 12.1. The van der Waals surface area contributed by atoms with E-state index in [-0.39, 0.29) is 17.1 Å². The van der Waals surface area contributed by atoms with E-state index in [4.69, 9.17) is 11.6 Å². The third-order valence-electron chi connectivity index (χ3n) is 4.22. The fourth-order valence-corrected chi connectivity index (χ4v) is 4.15. The summed E-state index contributed by atoms with van der Waals surface area (Å²) in [7, 11) is 0. The predicted molar refractivity (Wildman–Crippen MR) is 105 cm³/mol. The molecule has 0 saturated carbocycles. The Bertz CT molecular complexity index is 1180. The van der Waals surface area contributed by atoms with E-state index >= 15 is 0 Å². The quantitative estimate of drug-likeness (QED) is 0.404. The minimum Gasteiger partial charge on any atom is -0.268 e. The van der Waals surface area contributed by atoms with E-state index in [9.17, 15) is 9.18 Å². The van der Waals surface area contributed by atoms with Crippen molar-refractivity contribution in [2.24, 2.45) is 0 Å². The first-order chi connectivity index (χ1) is 13.1. The first-order valence-electron chi connectivity index (χ1n) is 8.14. The molecule has 8 heteroatoms. The summed E-state index contributed by atoms with van der Waals surface area (Å²) in [5, 5.41) is 7.82. The van der Waals surface area contributed by atoms with Crippen LogP contribution in [0.1, 0.15) is 11.1 Å². The van der Waals surface area contributed by atoms with Crippen LogP contribution < -0.4 is 5.56 Å². The Hall–Kier alpha value is -2.64. The zero-order valence-corrected chi connectivity index (χ0v) is 15.8. The Morgan fingerprint density at radius 3 is 2.81 bits per heavy atom. The number of hydrogen-bond acceptors (Lipinski definition) is 4. The standard InChI is InChI=1S/C19H14ClFN4OS/c1-11-5-2-3-8-16(11)25-18(26)12-9-22-24-17(12)23-19(25)27-10-13-14(20)6-4-7-15(13)21/h2-9H,10H2,1H3,(H,22,24). The first-order valence-corrected chi connectivity index (χ1v) is 9.50. The summed E-state index contributed by atoms with van der Waals surface area (Å²) >= 11 is 7.37. The smallest absolute Gasteiger partial charge is 0.268 e. The molecule has 0 amide bonds. The zero-order valence-electron chi connectivity index (χ0n) is 14.2. The highest BCUT2D eigenvalue weighted by Crippen LogP contribution is 2.29. The van der Waals surface area contributed by atoms with Gasteiger partial charge in [0, 0.05) is 16.3 Å². The second kappa shape index (κ2) is 7.17. The number of nitrogens with zero attached hydrogens (tertiary/aromatic N) is 3. The molecule has 2 heterocycles. The molecular weight excluding hydrogens is 387 g/mol. The van der Waals surface area contributed by atoms with Gasteiger partial charge in [-0.2, -0.15) is 5.10 Å². The molecular formula is C19H14ClFN4OS. The van der Waals surface area contributed by atoms with Gasteiger partial charge < -0.3 is 0 Å². The molecule has 0 aliphatic rings. The minimum atomic E-state index is -0.387. The van der Waals surface area contributed by atoms with E-state index < -0.39 is 0 Å². The Balaban J connectivity index is 1.86. The van der Waals surface area contributed by atoms with Gasteiger partial charge in [-0.1, -0.05) is 47.6 Å². The molecule has 2 aromatic carbocycles. The number of fused-ring (bicyclic) bond motifs is 1. The largest absolute Gasteiger partial charge is 0.269 e. The molecule has 0 unspecified atom stereocenters. The number of H-pyrrole nitrogens is 1. The number of benzene rings is 2. The van der Waals surface area contributed by atoms with E-state index in [0.717, 1.165) is 11.3 Å². The van der Waals surface area contributed by atoms with Crippen molar-refractivity contribution in [1.82, 2.24) is 19.7 Å². The van der Waals surface area contributed by atoms with E-state index in [2.05, 4.69) is 15.2 Å². The van der Waals surface area contributed by atoms with E-state index in [1.165, 1.54) is 28.6 Å². The molecule has 0 radical (unpaired) electrons. The molecule has 27 heavy (non-hydrogen) atoms. The van der Waals surface area contributed by atoms with Gasteiger partial charge >= 0.3 is 0 Å². The van der Waals surface area contributed by atoms with Crippen LogP contribution in [0.4, 0.5) is 4.39 Å². The molecule has 1 N–H and O–H groups in total. The lowest BCUT2D eigenvalue weighted by molar-refractivity contribution is 0.617. The Morgan fingerprint density at radius 2 is 2.04 bits per heavy atom. The fraction of sp³-hybridized carbons (Fsp3) is 0.105. The maximum Gasteiger partial charge on any atom is 0.269 e. The van der Waals surface area contributed by atoms with Crippen LogP contribution >= 0.6 is 23.4 Å². The van der Waals surface area contributed by atoms with E-state index in [1.807, 2.05) is 31.2 Å². The van der Waals surface area contributed by atoms with Gasteiger partial charge in [-0.05, 0) is 30.7 Å². The third kappa shape index (κ3) is 3.24. The Morgan fingerprint density at radius 1 is 1.22 bits per heavy atom. The number of rotatable bonds is 4. The molecule has 0 spiro atoms. The van der Waals surface area contributed by atoms with Gasteiger partial charge in [-0.25, -0.2) is 9.37 Å². The van der Waals surface area contributed by atoms with Crippen LogP contribution in [0.5, 0.6) is 0 Å².